The van der Waals surface area contributed by atoms with Crippen LogP contribution in [0.25, 0.3) is 0 Å². The number of aliphatic hydroxyl groups excluding tert-OH is 2. The van der Waals surface area contributed by atoms with E-state index in [1.165, 1.54) is 0 Å². The Morgan fingerprint density at radius 3 is 1.27 bits per heavy atom. The van der Waals surface area contributed by atoms with Crippen molar-refractivity contribution >= 4 is 0 Å². The lowest BCUT2D eigenvalue weighted by atomic mass is 9.78. The molecule has 2 atom stereocenters. The number of quaternary nitrogens is 2. The molecular formula is C25H42N4O4+2. The molecule has 0 heterocycles. The van der Waals surface area contributed by atoms with E-state index in [-0.39, 0.29) is 27.8 Å². The molecule has 0 aliphatic heterocycles. The summed E-state index contributed by atoms with van der Waals surface area (Å²) < 4.78 is 11.8. The van der Waals surface area contributed by atoms with E-state index in [1.807, 2.05) is 76.7 Å². The maximum Gasteiger partial charge on any atom is 0.138 e. The smallest absolute Gasteiger partial charge is 0.138 e. The van der Waals surface area contributed by atoms with Gasteiger partial charge in [-0.05, 0) is 35.4 Å². The predicted octanol–water partition coefficient (Wildman–Crippen LogP) is 1.39. The maximum atomic E-state index is 10.1. The van der Waals surface area contributed by atoms with Gasteiger partial charge in [-0.2, -0.15) is 11.7 Å². The molecule has 8 heteroatoms. The molecule has 33 heavy (non-hydrogen) atoms. The summed E-state index contributed by atoms with van der Waals surface area (Å²) in [5.41, 5.74) is 2.06. The highest BCUT2D eigenvalue weighted by molar-refractivity contribution is 5.41. The summed E-state index contributed by atoms with van der Waals surface area (Å²) >= 11 is 0. The number of hydrogen-bond acceptors (Lipinski definition) is 6. The quantitative estimate of drug-likeness (QED) is 0.216. The molecule has 0 amide bonds. The lowest BCUT2D eigenvalue weighted by Crippen LogP contribution is -2.52. The number of nitrogens with two attached hydrogens (primary N) is 2. The third-order valence-electron chi connectivity index (χ3n) is 5.40. The first-order chi connectivity index (χ1) is 15.2. The van der Waals surface area contributed by atoms with Crippen LogP contribution in [0.5, 0.6) is 11.5 Å². The Morgan fingerprint density at radius 1 is 0.697 bits per heavy atom. The highest BCUT2D eigenvalue weighted by Gasteiger charge is 2.24. The first kappa shape index (κ1) is 27.0. The highest BCUT2D eigenvalue weighted by atomic mass is 16.5. The molecule has 8 nitrogen and oxygen atoms in total. The first-order valence-electron chi connectivity index (χ1n) is 11.2. The molecule has 0 saturated heterocycles. The van der Waals surface area contributed by atoms with E-state index in [4.69, 9.17) is 21.2 Å². The average molecular weight is 463 g/mol. The predicted molar refractivity (Wildman–Crippen MR) is 130 cm³/mol. The molecular weight excluding hydrogens is 420 g/mol. The van der Waals surface area contributed by atoms with Gasteiger partial charge in [0.25, 0.3) is 0 Å². The van der Waals surface area contributed by atoms with Gasteiger partial charge in [0.15, 0.2) is 0 Å². The molecule has 2 aromatic rings. The normalized spacial score (nSPS) is 14.6. The van der Waals surface area contributed by atoms with E-state index in [2.05, 4.69) is 13.8 Å². The summed E-state index contributed by atoms with van der Waals surface area (Å²) in [6.45, 7) is 5.53. The van der Waals surface area contributed by atoms with Gasteiger partial charge in [-0.3, -0.25) is 9.18 Å². The summed E-state index contributed by atoms with van der Waals surface area (Å²) in [6, 6.07) is 15.8. The molecule has 0 aliphatic carbocycles. The zero-order chi connectivity index (χ0) is 24.9. The number of benzene rings is 2. The summed E-state index contributed by atoms with van der Waals surface area (Å²) in [5, 5.41) is 20.1. The van der Waals surface area contributed by atoms with Gasteiger partial charge in [0, 0.05) is 5.41 Å². The Hall–Kier alpha value is -2.20. The van der Waals surface area contributed by atoms with Crippen molar-refractivity contribution in [3.05, 3.63) is 59.7 Å². The van der Waals surface area contributed by atoms with Crippen LogP contribution < -0.4 is 21.2 Å². The first-order valence-corrected chi connectivity index (χ1v) is 11.2. The van der Waals surface area contributed by atoms with Crippen LogP contribution in [0, 0.1) is 0 Å². The second kappa shape index (κ2) is 10.8. The van der Waals surface area contributed by atoms with Gasteiger partial charge in [-0.1, -0.05) is 38.1 Å². The molecule has 0 aliphatic rings. The fourth-order valence-electron chi connectivity index (χ4n) is 3.68. The molecule has 0 fully saturated rings. The second-order valence-corrected chi connectivity index (χ2v) is 10.5. The van der Waals surface area contributed by atoms with Crippen molar-refractivity contribution < 1.29 is 28.9 Å². The third kappa shape index (κ3) is 9.29. The van der Waals surface area contributed by atoms with Crippen molar-refractivity contribution in [1.29, 1.82) is 0 Å². The minimum absolute atomic E-state index is 0.188. The Balaban J connectivity index is 1.96. The van der Waals surface area contributed by atoms with E-state index in [1.54, 1.807) is 0 Å². The van der Waals surface area contributed by atoms with Gasteiger partial charge >= 0.3 is 0 Å². The highest BCUT2D eigenvalue weighted by Crippen LogP contribution is 2.33. The maximum absolute atomic E-state index is 10.1. The number of nitrogens with zero attached hydrogens (tertiary/aromatic N) is 2. The van der Waals surface area contributed by atoms with Crippen LogP contribution in [-0.4, -0.2) is 86.1 Å². The van der Waals surface area contributed by atoms with E-state index >= 15 is 0 Å². The fraction of sp³-hybridized carbons (Fsp3) is 0.520. The van der Waals surface area contributed by atoms with Crippen molar-refractivity contribution in [3.8, 4) is 11.5 Å². The molecule has 2 aromatic carbocycles. The van der Waals surface area contributed by atoms with Crippen LogP contribution in [0.4, 0.5) is 0 Å². The molecule has 0 radical (unpaired) electrons. The Morgan fingerprint density at radius 2 is 1.00 bits per heavy atom. The third-order valence-corrected chi connectivity index (χ3v) is 5.40. The summed E-state index contributed by atoms with van der Waals surface area (Å²) in [4.78, 5) is 0. The molecule has 0 saturated carbocycles. The van der Waals surface area contributed by atoms with Crippen LogP contribution >= 0.6 is 0 Å². The fourth-order valence-corrected chi connectivity index (χ4v) is 3.68. The molecule has 0 spiro atoms. The standard InChI is InChI=1S/C25H42N4O4/c1-25(2,19-7-11-23(12-8-19)32-17-21(30)15-28(3,4)26)20-9-13-24(14-10-20)33-18-22(31)16-29(5,6)27/h7-14,21-22,30-31H,15-18,26-27H2,1-6H3/q+2/t21-,22-/m1/s1. The lowest BCUT2D eigenvalue weighted by Gasteiger charge is -2.27. The van der Waals surface area contributed by atoms with E-state index in [9.17, 15) is 10.2 Å². The number of likely N-dealkylation sites (N-methyl/N-ethyl adjacent to an activating group) is 2. The number of rotatable bonds is 12. The molecule has 0 aromatic heterocycles. The van der Waals surface area contributed by atoms with Gasteiger partial charge in [0.05, 0.1) is 28.2 Å². The van der Waals surface area contributed by atoms with Crippen LogP contribution in [0.1, 0.15) is 25.0 Å². The molecule has 184 valence electrons. The van der Waals surface area contributed by atoms with E-state index in [0.29, 0.717) is 24.6 Å². The lowest BCUT2D eigenvalue weighted by molar-refractivity contribution is -0.905. The van der Waals surface area contributed by atoms with Crippen molar-refractivity contribution in [3.63, 3.8) is 0 Å². The van der Waals surface area contributed by atoms with Crippen molar-refractivity contribution in [2.24, 2.45) is 11.7 Å². The van der Waals surface area contributed by atoms with Crippen molar-refractivity contribution in [2.45, 2.75) is 31.5 Å². The molecule has 2 rings (SSSR count). The van der Waals surface area contributed by atoms with Crippen LogP contribution in [-0.2, 0) is 5.41 Å². The van der Waals surface area contributed by atoms with Crippen molar-refractivity contribution in [2.75, 3.05) is 54.5 Å². The molecule has 0 unspecified atom stereocenters. The molecule has 6 N–H and O–H groups in total. The van der Waals surface area contributed by atoms with Gasteiger partial charge in [-0.15, -0.1) is 0 Å². The summed E-state index contributed by atoms with van der Waals surface area (Å²) in [6.07, 6.45) is -1.27. The summed E-state index contributed by atoms with van der Waals surface area (Å²) in [5.74, 6) is 13.2. The topological polar surface area (TPSA) is 111 Å². The second-order valence-electron chi connectivity index (χ2n) is 10.5. The monoisotopic (exact) mass is 462 g/mol. The van der Waals surface area contributed by atoms with Crippen LogP contribution in [0.2, 0.25) is 0 Å². The summed E-state index contributed by atoms with van der Waals surface area (Å²) in [7, 11) is 7.29. The van der Waals surface area contributed by atoms with E-state index in [0.717, 1.165) is 11.1 Å². The van der Waals surface area contributed by atoms with Gasteiger partial charge in [0.1, 0.15) is 50.0 Å². The minimum atomic E-state index is -0.635. The minimum Gasteiger partial charge on any atom is -0.491 e. The molecule has 0 bridgehead atoms. The number of aliphatic hydroxyl groups is 2. The Bertz CT molecular complexity index is 784. The Labute approximate surface area is 198 Å². The van der Waals surface area contributed by atoms with Gasteiger partial charge in [-0.25, -0.2) is 0 Å². The SMILES string of the molecule is CC(C)(c1ccc(OC[C@H](O)C[N+](C)(C)N)cc1)c1ccc(OC[C@H](O)C[N+](C)(C)N)cc1. The van der Waals surface area contributed by atoms with Crippen LogP contribution in [0.3, 0.4) is 0 Å². The largest absolute Gasteiger partial charge is 0.491 e. The zero-order valence-corrected chi connectivity index (χ0v) is 20.9. The van der Waals surface area contributed by atoms with E-state index < -0.39 is 12.2 Å². The van der Waals surface area contributed by atoms with Crippen LogP contribution in [0.15, 0.2) is 48.5 Å². The zero-order valence-electron chi connectivity index (χ0n) is 20.9. The number of hydrogen-bond donors (Lipinski definition) is 4. The van der Waals surface area contributed by atoms with Gasteiger partial charge in [0.2, 0.25) is 0 Å². The number of ether oxygens (including phenoxy) is 2. The Kier molecular flexibility index (Phi) is 8.87. The van der Waals surface area contributed by atoms with Crippen molar-refractivity contribution in [1.82, 2.24) is 0 Å². The van der Waals surface area contributed by atoms with Gasteiger partial charge < -0.3 is 19.7 Å². The average Bonchev–Trinajstić information content (AvgIpc) is 2.69.